The standard InChI is InChI=1S/C36H53NO4/c1-4-8-33(37-27(5-2)6-3)25-9-7-10-28(23-25)39-20-19-35-17-15-30-29-16-18-36(40-21-22-41-36)24-26(29)11-12-31(30)32(35)13-14-34(35)38/h7,9-11,23,27,29-33,37H,4-6,8,12-22,24H2,1-3H3/t29?,30?,31?,32?,33?,35-/m1/s1. The van der Waals surface area contributed by atoms with Crippen LogP contribution in [0.1, 0.15) is 116 Å². The van der Waals surface area contributed by atoms with Crippen LogP contribution in [0.2, 0.25) is 0 Å². The number of ketones is 1. The Balaban J connectivity index is 1.11. The molecule has 226 valence electrons. The number of benzene rings is 1. The van der Waals surface area contributed by atoms with Crippen molar-refractivity contribution in [2.24, 2.45) is 29.1 Å². The third kappa shape index (κ3) is 5.68. The molecule has 6 rings (SSSR count). The van der Waals surface area contributed by atoms with Crippen molar-refractivity contribution in [1.82, 2.24) is 5.32 Å². The molecule has 5 nitrogen and oxygen atoms in total. The fourth-order valence-electron chi connectivity index (χ4n) is 9.64. The lowest BCUT2D eigenvalue weighted by Gasteiger charge is -2.53. The lowest BCUT2D eigenvalue weighted by Crippen LogP contribution is -2.49. The topological polar surface area (TPSA) is 56.8 Å². The van der Waals surface area contributed by atoms with Crippen LogP contribution >= 0.6 is 0 Å². The van der Waals surface area contributed by atoms with Crippen molar-refractivity contribution in [1.29, 1.82) is 0 Å². The molecule has 1 aromatic rings. The molecular formula is C36H53NO4. The van der Waals surface area contributed by atoms with Gasteiger partial charge >= 0.3 is 0 Å². The molecule has 5 aliphatic rings. The average Bonchev–Trinajstić information content (AvgIpc) is 3.59. The summed E-state index contributed by atoms with van der Waals surface area (Å²) < 4.78 is 18.6. The molecule has 4 aliphatic carbocycles. The highest BCUT2D eigenvalue weighted by Gasteiger charge is 2.58. The minimum atomic E-state index is -0.341. The Labute approximate surface area is 248 Å². The fraction of sp³-hybridized carbons (Fsp3) is 0.750. The number of allylic oxidation sites excluding steroid dienone is 1. The molecule has 41 heavy (non-hydrogen) atoms. The third-order valence-corrected chi connectivity index (χ3v) is 11.8. The van der Waals surface area contributed by atoms with Gasteiger partial charge in [-0.1, -0.05) is 51.0 Å². The Hall–Kier alpha value is -1.69. The molecule has 3 saturated carbocycles. The second kappa shape index (κ2) is 12.5. The maximum Gasteiger partial charge on any atom is 0.172 e. The van der Waals surface area contributed by atoms with Crippen LogP contribution in [-0.4, -0.2) is 37.4 Å². The Bertz CT molecular complexity index is 1090. The fourth-order valence-corrected chi connectivity index (χ4v) is 9.64. The third-order valence-electron chi connectivity index (χ3n) is 11.8. The van der Waals surface area contributed by atoms with E-state index in [4.69, 9.17) is 14.2 Å². The first kappa shape index (κ1) is 29.4. The lowest BCUT2D eigenvalue weighted by molar-refractivity contribution is -0.176. The molecule has 1 N–H and O–H groups in total. The largest absolute Gasteiger partial charge is 0.494 e. The first-order valence-corrected chi connectivity index (χ1v) is 17.0. The molecule has 0 radical (unpaired) electrons. The summed E-state index contributed by atoms with van der Waals surface area (Å²) >= 11 is 0. The van der Waals surface area contributed by atoms with Crippen molar-refractivity contribution in [3.05, 3.63) is 41.5 Å². The van der Waals surface area contributed by atoms with Crippen LogP contribution in [-0.2, 0) is 14.3 Å². The van der Waals surface area contributed by atoms with E-state index >= 15 is 0 Å². The van der Waals surface area contributed by atoms with E-state index in [1.807, 2.05) is 0 Å². The highest BCUT2D eigenvalue weighted by molar-refractivity contribution is 5.87. The average molecular weight is 564 g/mol. The summed E-state index contributed by atoms with van der Waals surface area (Å²) in [6.07, 6.45) is 16.3. The normalized spacial score (nSPS) is 32.9. The van der Waals surface area contributed by atoms with Gasteiger partial charge in [0.25, 0.3) is 0 Å². The number of hydrogen-bond acceptors (Lipinski definition) is 5. The molecule has 0 bridgehead atoms. The number of ether oxygens (including phenoxy) is 3. The van der Waals surface area contributed by atoms with Crippen molar-refractivity contribution in [3.63, 3.8) is 0 Å². The van der Waals surface area contributed by atoms with Crippen molar-refractivity contribution >= 4 is 5.78 Å². The highest BCUT2D eigenvalue weighted by atomic mass is 16.7. The van der Waals surface area contributed by atoms with Crippen LogP contribution in [0.25, 0.3) is 0 Å². The van der Waals surface area contributed by atoms with Crippen LogP contribution in [0.3, 0.4) is 0 Å². The highest BCUT2D eigenvalue weighted by Crippen LogP contribution is 2.62. The second-order valence-electron chi connectivity index (χ2n) is 13.7. The summed E-state index contributed by atoms with van der Waals surface area (Å²) in [7, 11) is 0. The number of carbonyl (C=O) groups excluding carboxylic acids is 1. The molecular weight excluding hydrogens is 510 g/mol. The molecule has 1 saturated heterocycles. The number of carbonyl (C=O) groups is 1. The molecule has 1 aromatic carbocycles. The number of hydrogen-bond donors (Lipinski definition) is 1. The minimum absolute atomic E-state index is 0.181. The van der Waals surface area contributed by atoms with Crippen LogP contribution in [0, 0.1) is 29.1 Å². The smallest absolute Gasteiger partial charge is 0.172 e. The maximum atomic E-state index is 13.6. The van der Waals surface area contributed by atoms with E-state index in [2.05, 4.69) is 56.4 Å². The van der Waals surface area contributed by atoms with E-state index < -0.39 is 0 Å². The zero-order valence-corrected chi connectivity index (χ0v) is 25.8. The predicted octanol–water partition coefficient (Wildman–Crippen LogP) is 7.94. The van der Waals surface area contributed by atoms with Crippen LogP contribution in [0.4, 0.5) is 0 Å². The van der Waals surface area contributed by atoms with Gasteiger partial charge < -0.3 is 19.5 Å². The van der Waals surface area contributed by atoms with Gasteiger partial charge in [0.15, 0.2) is 5.79 Å². The van der Waals surface area contributed by atoms with Crippen molar-refractivity contribution < 1.29 is 19.0 Å². The van der Waals surface area contributed by atoms with Crippen LogP contribution in [0.5, 0.6) is 5.75 Å². The lowest BCUT2D eigenvalue weighted by atomic mass is 9.51. The summed E-state index contributed by atoms with van der Waals surface area (Å²) in [6, 6.07) is 9.60. The SMILES string of the molecule is CCCC(NC(CC)CC)c1cccc(OCC[C@]23CCC4C5CCC6(CC5=CCC4C2CCC3=O)OCCO6)c1. The summed E-state index contributed by atoms with van der Waals surface area (Å²) in [5.74, 6) is 3.64. The second-order valence-corrected chi connectivity index (χ2v) is 13.7. The summed E-state index contributed by atoms with van der Waals surface area (Å²) in [5.41, 5.74) is 2.72. The van der Waals surface area contributed by atoms with Crippen LogP contribution < -0.4 is 10.1 Å². The van der Waals surface area contributed by atoms with E-state index in [9.17, 15) is 4.79 Å². The van der Waals surface area contributed by atoms with Gasteiger partial charge in [-0.15, -0.1) is 0 Å². The molecule has 0 aromatic heterocycles. The molecule has 6 atom stereocenters. The summed E-state index contributed by atoms with van der Waals surface area (Å²) in [4.78, 5) is 13.6. The van der Waals surface area contributed by atoms with Crippen LogP contribution in [0.15, 0.2) is 35.9 Å². The van der Waals surface area contributed by atoms with Gasteiger partial charge in [0.1, 0.15) is 11.5 Å². The zero-order chi connectivity index (χ0) is 28.5. The zero-order valence-electron chi connectivity index (χ0n) is 25.8. The van der Waals surface area contributed by atoms with E-state index in [1.54, 1.807) is 5.57 Å². The first-order chi connectivity index (χ1) is 20.0. The maximum absolute atomic E-state index is 13.6. The molecule has 1 spiro atoms. The van der Waals surface area contributed by atoms with Gasteiger partial charge in [-0.2, -0.15) is 0 Å². The Morgan fingerprint density at radius 2 is 1.88 bits per heavy atom. The van der Waals surface area contributed by atoms with Gasteiger partial charge in [-0.3, -0.25) is 4.79 Å². The van der Waals surface area contributed by atoms with Crippen molar-refractivity contribution in [2.75, 3.05) is 19.8 Å². The molecule has 5 heteroatoms. The number of rotatable bonds is 11. The van der Waals surface area contributed by atoms with E-state index in [0.717, 1.165) is 89.6 Å². The van der Waals surface area contributed by atoms with Gasteiger partial charge in [-0.05, 0) is 99.2 Å². The predicted molar refractivity (Wildman–Crippen MR) is 163 cm³/mol. The molecule has 5 unspecified atom stereocenters. The van der Waals surface area contributed by atoms with E-state index in [-0.39, 0.29) is 11.2 Å². The van der Waals surface area contributed by atoms with Crippen molar-refractivity contribution in [2.45, 2.75) is 122 Å². The van der Waals surface area contributed by atoms with E-state index in [0.29, 0.717) is 48.1 Å². The van der Waals surface area contributed by atoms with Crippen molar-refractivity contribution in [3.8, 4) is 5.75 Å². The number of Topliss-reactive ketones (excluding diaryl/α,β-unsaturated/α-hetero) is 1. The molecule has 1 aliphatic heterocycles. The first-order valence-electron chi connectivity index (χ1n) is 17.0. The number of fused-ring (bicyclic) bond motifs is 5. The van der Waals surface area contributed by atoms with Gasteiger partial charge in [-0.25, -0.2) is 0 Å². The molecule has 1 heterocycles. The number of nitrogens with one attached hydrogen (secondary N) is 1. The molecule has 0 amide bonds. The summed E-state index contributed by atoms with van der Waals surface area (Å²) in [5, 5.41) is 3.88. The van der Waals surface area contributed by atoms with Gasteiger partial charge in [0.05, 0.1) is 19.8 Å². The van der Waals surface area contributed by atoms with E-state index in [1.165, 1.54) is 18.4 Å². The Kier molecular flexibility index (Phi) is 8.96. The Morgan fingerprint density at radius 3 is 2.66 bits per heavy atom. The quantitative estimate of drug-likeness (QED) is 0.277. The Morgan fingerprint density at radius 1 is 1.05 bits per heavy atom. The monoisotopic (exact) mass is 563 g/mol. The van der Waals surface area contributed by atoms with Gasteiger partial charge in [0.2, 0.25) is 0 Å². The molecule has 4 fully saturated rings. The summed E-state index contributed by atoms with van der Waals surface area (Å²) in [6.45, 7) is 8.89. The van der Waals surface area contributed by atoms with Gasteiger partial charge in [0, 0.05) is 36.8 Å². The minimum Gasteiger partial charge on any atom is -0.494 e.